The fraction of sp³-hybridized carbons (Fsp3) is 0.300. The van der Waals surface area contributed by atoms with Gasteiger partial charge in [-0.15, -0.1) is 0 Å². The van der Waals surface area contributed by atoms with E-state index in [0.717, 1.165) is 16.8 Å². The first kappa shape index (κ1) is 9.02. The van der Waals surface area contributed by atoms with Crippen molar-refractivity contribution in [1.29, 1.82) is 0 Å². The van der Waals surface area contributed by atoms with Gasteiger partial charge in [0.2, 0.25) is 0 Å². The molecule has 0 aliphatic carbocycles. The fourth-order valence-corrected chi connectivity index (χ4v) is 1.36. The molecular weight excluding hydrogens is 180 g/mol. The van der Waals surface area contributed by atoms with Gasteiger partial charge in [-0.3, -0.25) is 0 Å². The summed E-state index contributed by atoms with van der Waals surface area (Å²) in [6.07, 6.45) is 0.651. The van der Waals surface area contributed by atoms with E-state index in [1.807, 2.05) is 18.2 Å². The minimum Gasteiger partial charge on any atom is -0.494 e. The molecule has 1 aromatic carbocycles. The Morgan fingerprint density at radius 2 is 2.36 bits per heavy atom. The minimum atomic E-state index is 0.537. The molecule has 1 aromatic heterocycles. The smallest absolute Gasteiger partial charge is 0.196 e. The van der Waals surface area contributed by atoms with E-state index < -0.39 is 0 Å². The molecule has 0 saturated carbocycles. The summed E-state index contributed by atoms with van der Waals surface area (Å²) in [5, 5.41) is 0. The van der Waals surface area contributed by atoms with Crippen LogP contribution in [0.2, 0.25) is 0 Å². The maximum absolute atomic E-state index is 5.48. The van der Waals surface area contributed by atoms with E-state index in [0.29, 0.717) is 18.9 Å². The van der Waals surface area contributed by atoms with Gasteiger partial charge in [-0.25, -0.2) is 4.98 Å². The summed E-state index contributed by atoms with van der Waals surface area (Å²) in [4.78, 5) is 4.30. The van der Waals surface area contributed by atoms with Crippen molar-refractivity contribution in [3.8, 4) is 5.75 Å². The van der Waals surface area contributed by atoms with E-state index in [4.69, 9.17) is 14.9 Å². The molecule has 0 radical (unpaired) electrons. The maximum Gasteiger partial charge on any atom is 0.196 e. The number of fused-ring (bicyclic) bond motifs is 1. The zero-order chi connectivity index (χ0) is 9.97. The Bertz CT molecular complexity index is 437. The molecule has 0 aliphatic heterocycles. The lowest BCUT2D eigenvalue weighted by Gasteiger charge is -1.96. The number of methoxy groups -OCH3 is 1. The third-order valence-electron chi connectivity index (χ3n) is 2.00. The van der Waals surface area contributed by atoms with E-state index in [-0.39, 0.29) is 0 Å². The van der Waals surface area contributed by atoms with Crippen LogP contribution in [0.25, 0.3) is 11.1 Å². The second-order valence-corrected chi connectivity index (χ2v) is 2.95. The number of nitrogens with zero attached hydrogens (tertiary/aromatic N) is 1. The van der Waals surface area contributed by atoms with Crippen LogP contribution in [0.1, 0.15) is 5.89 Å². The molecule has 0 saturated heterocycles. The molecule has 0 fully saturated rings. The molecule has 1 heterocycles. The molecular formula is C10H12N2O2. The van der Waals surface area contributed by atoms with Crippen molar-refractivity contribution in [2.75, 3.05) is 13.7 Å². The number of aromatic nitrogens is 1. The van der Waals surface area contributed by atoms with Gasteiger partial charge < -0.3 is 14.9 Å². The third-order valence-corrected chi connectivity index (χ3v) is 2.00. The maximum atomic E-state index is 5.48. The number of benzene rings is 1. The van der Waals surface area contributed by atoms with Crippen LogP contribution >= 0.6 is 0 Å². The third kappa shape index (κ3) is 1.44. The van der Waals surface area contributed by atoms with E-state index >= 15 is 0 Å². The van der Waals surface area contributed by atoms with Crippen LogP contribution in [0.15, 0.2) is 22.6 Å². The zero-order valence-electron chi connectivity index (χ0n) is 7.99. The summed E-state index contributed by atoms with van der Waals surface area (Å²) in [6, 6.07) is 5.60. The quantitative estimate of drug-likeness (QED) is 0.797. The van der Waals surface area contributed by atoms with Crippen LogP contribution in [0.3, 0.4) is 0 Å². The van der Waals surface area contributed by atoms with E-state index in [2.05, 4.69) is 4.98 Å². The SMILES string of the molecule is COc1cccc2oc(CCN)nc12. The molecule has 0 unspecified atom stereocenters. The number of nitrogens with two attached hydrogens (primary N) is 1. The Balaban J connectivity index is 2.52. The van der Waals surface area contributed by atoms with Crippen molar-refractivity contribution in [3.63, 3.8) is 0 Å². The lowest BCUT2D eigenvalue weighted by Crippen LogP contribution is -2.02. The average Bonchev–Trinajstić information content (AvgIpc) is 2.60. The number of hydrogen-bond acceptors (Lipinski definition) is 4. The summed E-state index contributed by atoms with van der Waals surface area (Å²) in [6.45, 7) is 0.537. The Hall–Kier alpha value is -1.55. The monoisotopic (exact) mass is 192 g/mol. The van der Waals surface area contributed by atoms with Gasteiger partial charge in [-0.1, -0.05) is 6.07 Å². The fourth-order valence-electron chi connectivity index (χ4n) is 1.36. The highest BCUT2D eigenvalue weighted by Crippen LogP contribution is 2.25. The van der Waals surface area contributed by atoms with Crippen molar-refractivity contribution in [2.45, 2.75) is 6.42 Å². The van der Waals surface area contributed by atoms with Crippen molar-refractivity contribution in [3.05, 3.63) is 24.1 Å². The number of oxazole rings is 1. The number of hydrogen-bond donors (Lipinski definition) is 1. The molecule has 4 nitrogen and oxygen atoms in total. The molecule has 0 bridgehead atoms. The Kier molecular flexibility index (Phi) is 2.37. The van der Waals surface area contributed by atoms with Crippen molar-refractivity contribution >= 4 is 11.1 Å². The van der Waals surface area contributed by atoms with E-state index in [1.54, 1.807) is 7.11 Å². The standard InChI is InChI=1S/C10H12N2O2/c1-13-7-3-2-4-8-10(7)12-9(14-8)5-6-11/h2-4H,5-6,11H2,1H3. The van der Waals surface area contributed by atoms with Gasteiger partial charge in [0.15, 0.2) is 17.0 Å². The van der Waals surface area contributed by atoms with Crippen molar-refractivity contribution in [1.82, 2.24) is 4.98 Å². The van der Waals surface area contributed by atoms with E-state index in [9.17, 15) is 0 Å². The van der Waals surface area contributed by atoms with Gasteiger partial charge in [0.05, 0.1) is 7.11 Å². The van der Waals surface area contributed by atoms with Crippen LogP contribution < -0.4 is 10.5 Å². The number of rotatable bonds is 3. The van der Waals surface area contributed by atoms with Crippen LogP contribution in [0.4, 0.5) is 0 Å². The summed E-state index contributed by atoms with van der Waals surface area (Å²) >= 11 is 0. The van der Waals surface area contributed by atoms with Gasteiger partial charge in [0.25, 0.3) is 0 Å². The Labute approximate surface area is 81.7 Å². The van der Waals surface area contributed by atoms with Crippen molar-refractivity contribution < 1.29 is 9.15 Å². The van der Waals surface area contributed by atoms with Crippen LogP contribution in [0.5, 0.6) is 5.75 Å². The summed E-state index contributed by atoms with van der Waals surface area (Å²) in [5.41, 5.74) is 6.93. The predicted octanol–water partition coefficient (Wildman–Crippen LogP) is 1.34. The first-order valence-electron chi connectivity index (χ1n) is 4.47. The molecule has 0 amide bonds. The molecule has 0 aliphatic rings. The predicted molar refractivity (Wildman–Crippen MR) is 53.3 cm³/mol. The van der Waals surface area contributed by atoms with Crippen LogP contribution in [-0.4, -0.2) is 18.6 Å². The van der Waals surface area contributed by atoms with Gasteiger partial charge in [-0.2, -0.15) is 0 Å². The normalized spacial score (nSPS) is 10.7. The Morgan fingerprint density at radius 1 is 1.50 bits per heavy atom. The first-order chi connectivity index (χ1) is 6.85. The largest absolute Gasteiger partial charge is 0.494 e. The molecule has 14 heavy (non-hydrogen) atoms. The molecule has 0 atom stereocenters. The van der Waals surface area contributed by atoms with Gasteiger partial charge in [0.1, 0.15) is 5.75 Å². The lowest BCUT2D eigenvalue weighted by molar-refractivity contribution is 0.419. The van der Waals surface area contributed by atoms with Gasteiger partial charge in [-0.05, 0) is 12.1 Å². The average molecular weight is 192 g/mol. The van der Waals surface area contributed by atoms with Crippen LogP contribution in [-0.2, 0) is 6.42 Å². The second kappa shape index (κ2) is 3.67. The van der Waals surface area contributed by atoms with Gasteiger partial charge >= 0.3 is 0 Å². The summed E-state index contributed by atoms with van der Waals surface area (Å²) in [5.74, 6) is 1.39. The van der Waals surface area contributed by atoms with Crippen molar-refractivity contribution in [2.24, 2.45) is 5.73 Å². The minimum absolute atomic E-state index is 0.537. The van der Waals surface area contributed by atoms with Crippen LogP contribution in [0, 0.1) is 0 Å². The Morgan fingerprint density at radius 3 is 3.07 bits per heavy atom. The number of ether oxygens (including phenoxy) is 1. The van der Waals surface area contributed by atoms with E-state index in [1.165, 1.54) is 0 Å². The highest BCUT2D eigenvalue weighted by atomic mass is 16.5. The summed E-state index contributed by atoms with van der Waals surface area (Å²) in [7, 11) is 1.62. The molecule has 2 N–H and O–H groups in total. The second-order valence-electron chi connectivity index (χ2n) is 2.95. The summed E-state index contributed by atoms with van der Waals surface area (Å²) < 4.78 is 10.6. The molecule has 2 aromatic rings. The molecule has 2 rings (SSSR count). The molecule has 74 valence electrons. The first-order valence-corrected chi connectivity index (χ1v) is 4.47. The molecule has 0 spiro atoms. The number of para-hydroxylation sites is 1. The molecule has 4 heteroatoms. The lowest BCUT2D eigenvalue weighted by atomic mass is 10.3. The zero-order valence-corrected chi connectivity index (χ0v) is 7.99. The van der Waals surface area contributed by atoms with Gasteiger partial charge in [0, 0.05) is 13.0 Å². The topological polar surface area (TPSA) is 61.3 Å². The highest BCUT2D eigenvalue weighted by molar-refractivity contribution is 5.79. The highest BCUT2D eigenvalue weighted by Gasteiger charge is 2.08.